The average Bonchev–Trinajstić information content (AvgIpc) is 2.40. The maximum Gasteiger partial charge on any atom is 0.124 e. The topological polar surface area (TPSA) is 9.23 Å². The van der Waals surface area contributed by atoms with Crippen LogP contribution in [0.25, 0.3) is 0 Å². The highest BCUT2D eigenvalue weighted by Crippen LogP contribution is 2.36. The van der Waals surface area contributed by atoms with Crippen molar-refractivity contribution < 1.29 is 4.74 Å². The van der Waals surface area contributed by atoms with Gasteiger partial charge in [0.15, 0.2) is 0 Å². The van der Waals surface area contributed by atoms with Crippen LogP contribution in [-0.4, -0.2) is 7.11 Å². The van der Waals surface area contributed by atoms with Crippen LogP contribution < -0.4 is 4.74 Å². The van der Waals surface area contributed by atoms with Crippen molar-refractivity contribution in [2.75, 3.05) is 7.11 Å². The number of hydrogen-bond acceptors (Lipinski definition) is 1. The van der Waals surface area contributed by atoms with Crippen LogP contribution in [0.2, 0.25) is 0 Å². The molecule has 0 heterocycles. The van der Waals surface area contributed by atoms with E-state index in [4.69, 9.17) is 4.74 Å². The Morgan fingerprint density at radius 3 is 2.05 bits per heavy atom. The molecular weight excluding hydrogens is 312 g/mol. The smallest absolute Gasteiger partial charge is 0.124 e. The number of benzene rings is 2. The molecule has 0 aliphatic heterocycles. The van der Waals surface area contributed by atoms with Crippen molar-refractivity contribution in [3.63, 3.8) is 0 Å². The van der Waals surface area contributed by atoms with Gasteiger partial charge < -0.3 is 4.74 Å². The van der Waals surface area contributed by atoms with Gasteiger partial charge in [0.2, 0.25) is 0 Å². The fraction of sp³-hybridized carbons (Fsp3) is 0.333. The van der Waals surface area contributed by atoms with Gasteiger partial charge in [-0.25, -0.2) is 0 Å². The van der Waals surface area contributed by atoms with Gasteiger partial charge in [0.25, 0.3) is 0 Å². The summed E-state index contributed by atoms with van der Waals surface area (Å²) in [5.74, 6) is 0.981. The quantitative estimate of drug-likeness (QED) is 0.682. The lowest BCUT2D eigenvalue weighted by Gasteiger charge is -2.17. The molecule has 0 bridgehead atoms. The largest absolute Gasteiger partial charge is 0.496 e. The molecule has 0 fully saturated rings. The molecule has 0 aromatic heterocycles. The predicted octanol–water partition coefficient (Wildman–Crippen LogP) is 5.41. The number of halogens is 1. The molecule has 0 aliphatic rings. The second-order valence-electron chi connectivity index (χ2n) is 5.41. The summed E-state index contributed by atoms with van der Waals surface area (Å²) >= 11 is 3.85. The Morgan fingerprint density at radius 2 is 1.50 bits per heavy atom. The molecule has 0 aliphatic carbocycles. The zero-order chi connectivity index (χ0) is 14.9. The summed E-state index contributed by atoms with van der Waals surface area (Å²) in [6, 6.07) is 11.0. The minimum atomic E-state index is 0.214. The lowest BCUT2D eigenvalue weighted by molar-refractivity contribution is 0.408. The van der Waals surface area contributed by atoms with Gasteiger partial charge in [-0.3, -0.25) is 0 Å². The van der Waals surface area contributed by atoms with Crippen LogP contribution in [0.3, 0.4) is 0 Å². The highest BCUT2D eigenvalue weighted by Gasteiger charge is 2.15. The second-order valence-corrected chi connectivity index (χ2v) is 6.33. The van der Waals surface area contributed by atoms with E-state index < -0.39 is 0 Å². The monoisotopic (exact) mass is 332 g/mol. The number of methoxy groups -OCH3 is 1. The molecule has 2 aromatic carbocycles. The van der Waals surface area contributed by atoms with Gasteiger partial charge >= 0.3 is 0 Å². The number of aryl methyl sites for hydroxylation is 4. The molecule has 0 amide bonds. The van der Waals surface area contributed by atoms with Crippen LogP contribution in [-0.2, 0) is 0 Å². The van der Waals surface area contributed by atoms with Gasteiger partial charge in [0.05, 0.1) is 11.9 Å². The highest BCUT2D eigenvalue weighted by molar-refractivity contribution is 9.09. The number of rotatable bonds is 3. The molecule has 2 rings (SSSR count). The van der Waals surface area contributed by atoms with Crippen molar-refractivity contribution in [1.82, 2.24) is 0 Å². The molecule has 0 saturated heterocycles. The first kappa shape index (κ1) is 15.1. The Balaban J connectivity index is 2.48. The first-order valence-corrected chi connectivity index (χ1v) is 7.72. The summed E-state index contributed by atoms with van der Waals surface area (Å²) < 4.78 is 5.44. The molecule has 0 N–H and O–H groups in total. The van der Waals surface area contributed by atoms with E-state index in [2.05, 4.69) is 74.0 Å². The molecule has 0 saturated carbocycles. The Kier molecular flexibility index (Phi) is 4.54. The maximum absolute atomic E-state index is 5.44. The Bertz CT molecular complexity index is 608. The van der Waals surface area contributed by atoms with Crippen LogP contribution in [0.1, 0.15) is 38.2 Å². The third kappa shape index (κ3) is 2.90. The van der Waals surface area contributed by atoms with E-state index in [-0.39, 0.29) is 4.83 Å². The van der Waals surface area contributed by atoms with Crippen molar-refractivity contribution in [1.29, 1.82) is 0 Å². The summed E-state index contributed by atoms with van der Waals surface area (Å²) in [5.41, 5.74) is 7.55. The van der Waals surface area contributed by atoms with E-state index in [1.54, 1.807) is 7.11 Å². The van der Waals surface area contributed by atoms with Crippen molar-refractivity contribution in [3.05, 3.63) is 63.7 Å². The first-order valence-electron chi connectivity index (χ1n) is 6.80. The predicted molar refractivity (Wildman–Crippen MR) is 89.2 cm³/mol. The van der Waals surface area contributed by atoms with Crippen LogP contribution >= 0.6 is 15.9 Å². The van der Waals surface area contributed by atoms with E-state index in [1.807, 2.05) is 0 Å². The van der Waals surface area contributed by atoms with Crippen molar-refractivity contribution in [2.45, 2.75) is 32.5 Å². The van der Waals surface area contributed by atoms with Crippen molar-refractivity contribution in [2.24, 2.45) is 0 Å². The Labute approximate surface area is 130 Å². The summed E-state index contributed by atoms with van der Waals surface area (Å²) in [7, 11) is 1.73. The lowest BCUT2D eigenvalue weighted by Crippen LogP contribution is -2.00. The zero-order valence-electron chi connectivity index (χ0n) is 12.8. The van der Waals surface area contributed by atoms with Gasteiger partial charge in [0, 0.05) is 0 Å². The molecule has 1 atom stereocenters. The Morgan fingerprint density at radius 1 is 0.900 bits per heavy atom. The number of alkyl halides is 1. The molecule has 2 heteroatoms. The zero-order valence-corrected chi connectivity index (χ0v) is 14.3. The van der Waals surface area contributed by atoms with Gasteiger partial charge in [-0.2, -0.15) is 0 Å². The van der Waals surface area contributed by atoms with E-state index in [9.17, 15) is 0 Å². The lowest BCUT2D eigenvalue weighted by atomic mass is 9.96. The molecule has 0 radical (unpaired) electrons. The minimum absolute atomic E-state index is 0.214. The third-order valence-electron chi connectivity index (χ3n) is 3.69. The average molecular weight is 333 g/mol. The summed E-state index contributed by atoms with van der Waals surface area (Å²) in [5, 5.41) is 0. The molecule has 1 nitrogen and oxygen atoms in total. The molecule has 1 unspecified atom stereocenters. The van der Waals surface area contributed by atoms with Crippen LogP contribution in [0.5, 0.6) is 5.75 Å². The fourth-order valence-electron chi connectivity index (χ4n) is 2.66. The van der Waals surface area contributed by atoms with Gasteiger partial charge in [-0.05, 0) is 55.5 Å². The number of ether oxygens (including phenoxy) is 1. The van der Waals surface area contributed by atoms with Gasteiger partial charge in [0.1, 0.15) is 5.75 Å². The van der Waals surface area contributed by atoms with E-state index in [1.165, 1.54) is 33.4 Å². The maximum atomic E-state index is 5.44. The van der Waals surface area contributed by atoms with E-state index in [0.29, 0.717) is 0 Å². The minimum Gasteiger partial charge on any atom is -0.496 e. The second kappa shape index (κ2) is 6.01. The normalized spacial score (nSPS) is 12.3. The molecule has 20 heavy (non-hydrogen) atoms. The molecule has 0 spiro atoms. The van der Waals surface area contributed by atoms with Gasteiger partial charge in [-0.15, -0.1) is 0 Å². The number of hydrogen-bond donors (Lipinski definition) is 0. The van der Waals surface area contributed by atoms with Crippen LogP contribution in [0.4, 0.5) is 0 Å². The third-order valence-corrected chi connectivity index (χ3v) is 4.71. The highest BCUT2D eigenvalue weighted by atomic mass is 79.9. The fourth-order valence-corrected chi connectivity index (χ4v) is 3.42. The van der Waals surface area contributed by atoms with E-state index in [0.717, 1.165) is 5.75 Å². The molecule has 106 valence electrons. The van der Waals surface area contributed by atoms with Crippen molar-refractivity contribution in [3.8, 4) is 5.75 Å². The molecule has 2 aromatic rings. The summed E-state index contributed by atoms with van der Waals surface area (Å²) in [6.07, 6.45) is 0. The standard InChI is InChI=1S/C18H21BrO/c1-11-6-7-12(2)16(8-11)17(19)15-9-13(3)18(20-5)14(4)10-15/h6-10,17H,1-5H3. The van der Waals surface area contributed by atoms with Crippen molar-refractivity contribution >= 4 is 15.9 Å². The van der Waals surface area contributed by atoms with Gasteiger partial charge in [-0.1, -0.05) is 51.8 Å². The first-order chi connectivity index (χ1) is 9.43. The Hall–Kier alpha value is -1.28. The summed E-state index contributed by atoms with van der Waals surface area (Å²) in [4.78, 5) is 0.214. The molecular formula is C18H21BrO. The summed E-state index contributed by atoms with van der Waals surface area (Å²) in [6.45, 7) is 8.48. The van der Waals surface area contributed by atoms with Crippen LogP contribution in [0.15, 0.2) is 30.3 Å². The van der Waals surface area contributed by atoms with E-state index >= 15 is 0 Å². The SMILES string of the molecule is COc1c(C)cc(C(Br)c2cc(C)ccc2C)cc1C. The van der Waals surface area contributed by atoms with Crippen LogP contribution in [0, 0.1) is 27.7 Å².